The van der Waals surface area contributed by atoms with Crippen molar-refractivity contribution in [2.45, 2.75) is 32.6 Å². The van der Waals surface area contributed by atoms with E-state index in [1.165, 1.54) is 0 Å². The van der Waals surface area contributed by atoms with Crippen molar-refractivity contribution in [2.24, 2.45) is 0 Å². The van der Waals surface area contributed by atoms with Crippen LogP contribution in [0.3, 0.4) is 0 Å². The minimum absolute atomic E-state index is 0.365. The van der Waals surface area contributed by atoms with Gasteiger partial charge in [0, 0.05) is 11.9 Å². The highest BCUT2D eigenvalue weighted by atomic mass is 16.4. The number of carboxylic acid groups (broad SMARTS) is 1. The third-order valence-corrected chi connectivity index (χ3v) is 2.17. The van der Waals surface area contributed by atoms with E-state index in [9.17, 15) is 4.79 Å². The van der Waals surface area contributed by atoms with Crippen molar-refractivity contribution < 1.29 is 9.90 Å². The van der Waals surface area contributed by atoms with Crippen LogP contribution in [0.1, 0.15) is 32.3 Å². The van der Waals surface area contributed by atoms with Crippen molar-refractivity contribution in [1.29, 1.82) is 0 Å². The lowest BCUT2D eigenvalue weighted by Crippen LogP contribution is -2.31. The average Bonchev–Trinajstić information content (AvgIpc) is 2.17. The van der Waals surface area contributed by atoms with Crippen molar-refractivity contribution in [3.05, 3.63) is 23.8 Å². The summed E-state index contributed by atoms with van der Waals surface area (Å²) in [4.78, 5) is 19.1. The van der Waals surface area contributed by atoms with Crippen LogP contribution < -0.4 is 0 Å². The van der Waals surface area contributed by atoms with E-state index in [1.54, 1.807) is 26.1 Å². The highest BCUT2D eigenvalue weighted by Gasteiger charge is 2.32. The summed E-state index contributed by atoms with van der Waals surface area (Å²) >= 11 is 0. The number of hydrogen-bond donors (Lipinski definition) is 1. The molecule has 4 nitrogen and oxygen atoms in total. The molecule has 0 aliphatic rings. The number of aryl methyl sites for hydroxylation is 1. The molecule has 1 rings (SSSR count). The van der Waals surface area contributed by atoms with Crippen LogP contribution in [-0.2, 0) is 16.6 Å². The highest BCUT2D eigenvalue weighted by molar-refractivity contribution is 5.78. The summed E-state index contributed by atoms with van der Waals surface area (Å²) in [6.45, 7) is 5.17. The number of nitrogens with zero attached hydrogens (tertiary/aromatic N) is 2. The molecule has 1 N–H and O–H groups in total. The summed E-state index contributed by atoms with van der Waals surface area (Å²) in [5.41, 5.74) is -0.158. The van der Waals surface area contributed by atoms with Crippen LogP contribution in [0, 0.1) is 0 Å². The second-order valence-electron chi connectivity index (χ2n) is 3.66. The molecule has 0 spiro atoms. The van der Waals surface area contributed by atoms with Gasteiger partial charge in [-0.25, -0.2) is 9.97 Å². The van der Waals surface area contributed by atoms with Gasteiger partial charge < -0.3 is 5.11 Å². The molecular formula is C10H14N2O2. The maximum Gasteiger partial charge on any atom is 0.316 e. The van der Waals surface area contributed by atoms with Gasteiger partial charge in [-0.05, 0) is 26.3 Å². The van der Waals surface area contributed by atoms with E-state index < -0.39 is 11.4 Å². The van der Waals surface area contributed by atoms with E-state index in [1.807, 2.05) is 6.92 Å². The second-order valence-corrected chi connectivity index (χ2v) is 3.66. The van der Waals surface area contributed by atoms with E-state index in [0.717, 1.165) is 12.1 Å². The normalized spacial score (nSPS) is 11.4. The topological polar surface area (TPSA) is 63.1 Å². The molecule has 76 valence electrons. The largest absolute Gasteiger partial charge is 0.481 e. The first-order valence-electron chi connectivity index (χ1n) is 4.54. The van der Waals surface area contributed by atoms with Crippen LogP contribution >= 0.6 is 0 Å². The first-order chi connectivity index (χ1) is 6.48. The fraction of sp³-hybridized carbons (Fsp3) is 0.500. The van der Waals surface area contributed by atoms with Crippen LogP contribution in [0.15, 0.2) is 12.3 Å². The Hall–Kier alpha value is -1.45. The fourth-order valence-electron chi connectivity index (χ4n) is 0.990. The summed E-state index contributed by atoms with van der Waals surface area (Å²) in [5, 5.41) is 8.98. The molecule has 0 aliphatic heterocycles. The Morgan fingerprint density at radius 3 is 2.71 bits per heavy atom. The van der Waals surface area contributed by atoms with Gasteiger partial charge in [-0.15, -0.1) is 0 Å². The van der Waals surface area contributed by atoms with Crippen LogP contribution in [0.5, 0.6) is 0 Å². The predicted octanol–water partition coefficient (Wildman–Crippen LogP) is 1.40. The zero-order chi connectivity index (χ0) is 10.8. The molecule has 0 aliphatic carbocycles. The lowest BCUT2D eigenvalue weighted by molar-refractivity contribution is -0.142. The number of aliphatic carboxylic acids is 1. The number of carbonyl (C=O) groups is 1. The quantitative estimate of drug-likeness (QED) is 0.790. The second kappa shape index (κ2) is 3.74. The molecule has 14 heavy (non-hydrogen) atoms. The van der Waals surface area contributed by atoms with Crippen LogP contribution in [0.2, 0.25) is 0 Å². The van der Waals surface area contributed by atoms with Crippen LogP contribution in [0.4, 0.5) is 0 Å². The zero-order valence-electron chi connectivity index (χ0n) is 8.61. The molecule has 1 aromatic heterocycles. The highest BCUT2D eigenvalue weighted by Crippen LogP contribution is 2.19. The summed E-state index contributed by atoms with van der Waals surface area (Å²) in [5.74, 6) is -0.546. The van der Waals surface area contributed by atoms with Gasteiger partial charge in [-0.1, -0.05) is 6.92 Å². The van der Waals surface area contributed by atoms with Crippen molar-refractivity contribution >= 4 is 5.97 Å². The molecule has 0 amide bonds. The summed E-state index contributed by atoms with van der Waals surface area (Å²) in [6.07, 6.45) is 2.39. The molecule has 0 atom stereocenters. The summed E-state index contributed by atoms with van der Waals surface area (Å²) < 4.78 is 0. The molecule has 0 fully saturated rings. The SMILES string of the molecule is CCc1ccnc(C(C)(C)C(=O)O)n1. The Kier molecular flexibility index (Phi) is 2.84. The van der Waals surface area contributed by atoms with Gasteiger partial charge in [0.25, 0.3) is 0 Å². The van der Waals surface area contributed by atoms with E-state index in [4.69, 9.17) is 5.11 Å². The zero-order valence-corrected chi connectivity index (χ0v) is 8.61. The maximum atomic E-state index is 10.9. The third kappa shape index (κ3) is 1.89. The molecule has 0 unspecified atom stereocenters. The Bertz CT molecular complexity index is 348. The first kappa shape index (κ1) is 10.6. The van der Waals surface area contributed by atoms with Crippen LogP contribution in [0.25, 0.3) is 0 Å². The summed E-state index contributed by atoms with van der Waals surface area (Å²) in [7, 11) is 0. The molecule has 0 radical (unpaired) electrons. The minimum atomic E-state index is -1.02. The Balaban J connectivity index is 3.12. The molecule has 4 heteroatoms. The van der Waals surface area contributed by atoms with E-state index in [0.29, 0.717) is 5.82 Å². The van der Waals surface area contributed by atoms with Crippen molar-refractivity contribution in [1.82, 2.24) is 9.97 Å². The fourth-order valence-corrected chi connectivity index (χ4v) is 0.990. The van der Waals surface area contributed by atoms with Gasteiger partial charge in [0.2, 0.25) is 0 Å². The lowest BCUT2D eigenvalue weighted by atomic mass is 9.92. The average molecular weight is 194 g/mol. The number of aromatic nitrogens is 2. The first-order valence-corrected chi connectivity index (χ1v) is 4.54. The van der Waals surface area contributed by atoms with Gasteiger partial charge in [0.05, 0.1) is 0 Å². The summed E-state index contributed by atoms with van der Waals surface area (Å²) in [6, 6.07) is 1.79. The standard InChI is InChI=1S/C10H14N2O2/c1-4-7-5-6-11-8(12-7)10(2,3)9(13)14/h5-6H,4H2,1-3H3,(H,13,14). The van der Waals surface area contributed by atoms with Gasteiger partial charge in [0.1, 0.15) is 11.2 Å². The van der Waals surface area contributed by atoms with E-state index >= 15 is 0 Å². The monoisotopic (exact) mass is 194 g/mol. The molecule has 1 heterocycles. The van der Waals surface area contributed by atoms with Crippen molar-refractivity contribution in [2.75, 3.05) is 0 Å². The van der Waals surface area contributed by atoms with E-state index in [-0.39, 0.29) is 0 Å². The molecule has 0 saturated heterocycles. The predicted molar refractivity (Wildman–Crippen MR) is 52.1 cm³/mol. The smallest absolute Gasteiger partial charge is 0.316 e. The Labute approximate surface area is 83.0 Å². The van der Waals surface area contributed by atoms with Gasteiger partial charge in [-0.3, -0.25) is 4.79 Å². The number of rotatable bonds is 3. The minimum Gasteiger partial charge on any atom is -0.481 e. The van der Waals surface area contributed by atoms with Gasteiger partial charge in [-0.2, -0.15) is 0 Å². The van der Waals surface area contributed by atoms with E-state index in [2.05, 4.69) is 9.97 Å². The molecule has 0 aromatic carbocycles. The van der Waals surface area contributed by atoms with Crippen molar-refractivity contribution in [3.63, 3.8) is 0 Å². The van der Waals surface area contributed by atoms with Crippen LogP contribution in [-0.4, -0.2) is 21.0 Å². The molecule has 0 bridgehead atoms. The van der Waals surface area contributed by atoms with Gasteiger partial charge in [0.15, 0.2) is 0 Å². The van der Waals surface area contributed by atoms with Crippen molar-refractivity contribution in [3.8, 4) is 0 Å². The number of hydrogen-bond acceptors (Lipinski definition) is 3. The number of carboxylic acids is 1. The maximum absolute atomic E-state index is 10.9. The van der Waals surface area contributed by atoms with Gasteiger partial charge >= 0.3 is 5.97 Å². The molecular weight excluding hydrogens is 180 g/mol. The third-order valence-electron chi connectivity index (χ3n) is 2.17. The molecule has 1 aromatic rings. The lowest BCUT2D eigenvalue weighted by Gasteiger charge is -2.17. The Morgan fingerprint density at radius 2 is 2.21 bits per heavy atom. The molecule has 0 saturated carbocycles. The Morgan fingerprint density at radius 1 is 1.57 bits per heavy atom.